The summed E-state index contributed by atoms with van der Waals surface area (Å²) in [6.07, 6.45) is 0. The highest BCUT2D eigenvalue weighted by Gasteiger charge is 2.23. The third-order valence-corrected chi connectivity index (χ3v) is 2.35. The van der Waals surface area contributed by atoms with Gasteiger partial charge in [0.2, 0.25) is 0 Å². The van der Waals surface area contributed by atoms with E-state index in [9.17, 15) is 5.11 Å². The van der Waals surface area contributed by atoms with Crippen molar-refractivity contribution in [2.24, 2.45) is 5.16 Å². The van der Waals surface area contributed by atoms with Gasteiger partial charge >= 0.3 is 0 Å². The van der Waals surface area contributed by atoms with Gasteiger partial charge in [0.05, 0.1) is 0 Å². The van der Waals surface area contributed by atoms with Crippen LogP contribution in [0.2, 0.25) is 0 Å². The predicted molar refractivity (Wildman–Crippen MR) is 56.5 cm³/mol. The Morgan fingerprint density at radius 1 is 1.53 bits per heavy atom. The first-order chi connectivity index (χ1) is 7.24. The van der Waals surface area contributed by atoms with Crippen molar-refractivity contribution in [2.75, 3.05) is 13.2 Å². The molecule has 2 rings (SSSR count). The molecule has 0 radical (unpaired) electrons. The minimum absolute atomic E-state index is 0.242. The zero-order chi connectivity index (χ0) is 10.8. The molecule has 0 saturated carbocycles. The molecule has 1 aromatic rings. The number of phenols is 1. The van der Waals surface area contributed by atoms with Gasteiger partial charge in [-0.15, -0.1) is 0 Å². The largest absolute Gasteiger partial charge is 0.508 e. The summed E-state index contributed by atoms with van der Waals surface area (Å²) in [6.45, 7) is 4.64. The maximum absolute atomic E-state index is 9.49. The average molecular weight is 207 g/mol. The van der Waals surface area contributed by atoms with E-state index >= 15 is 0 Å². The number of rotatable bonds is 2. The second-order valence-corrected chi connectivity index (χ2v) is 3.33. The molecule has 0 unspecified atom stereocenters. The van der Waals surface area contributed by atoms with Crippen LogP contribution >= 0.6 is 0 Å². The maximum atomic E-state index is 9.49. The summed E-state index contributed by atoms with van der Waals surface area (Å²) >= 11 is 0. The summed E-state index contributed by atoms with van der Waals surface area (Å²) in [7, 11) is 0. The van der Waals surface area contributed by atoms with E-state index in [1.54, 1.807) is 12.1 Å². The fraction of sp³-hybridized carbons (Fsp3) is 0.364. The number of oxime groups is 1. The molecule has 0 aromatic heterocycles. The molecule has 0 saturated heterocycles. The fourth-order valence-corrected chi connectivity index (χ4v) is 1.53. The first-order valence-electron chi connectivity index (χ1n) is 4.88. The van der Waals surface area contributed by atoms with Crippen molar-refractivity contribution < 1.29 is 14.7 Å². The van der Waals surface area contributed by atoms with Gasteiger partial charge in [-0.3, -0.25) is 0 Å². The van der Waals surface area contributed by atoms with Crippen LogP contribution in [0.3, 0.4) is 0 Å². The summed E-state index contributed by atoms with van der Waals surface area (Å²) in [5.41, 5.74) is 2.42. The molecule has 0 aliphatic carbocycles. The Bertz CT molecular complexity index is 413. The molecule has 0 fully saturated rings. The molecule has 0 amide bonds. The molecular formula is C11H13NO3. The number of hydrogen-bond acceptors (Lipinski definition) is 4. The van der Waals surface area contributed by atoms with Gasteiger partial charge in [-0.05, 0) is 26.0 Å². The fourth-order valence-electron chi connectivity index (χ4n) is 1.53. The SMILES string of the molecule is CCO/N=C1/COc2c1ccc(O)c2C. The Morgan fingerprint density at radius 3 is 3.07 bits per heavy atom. The van der Waals surface area contributed by atoms with E-state index in [0.29, 0.717) is 19.0 Å². The van der Waals surface area contributed by atoms with Crippen LogP contribution in [0.25, 0.3) is 0 Å². The van der Waals surface area contributed by atoms with Gasteiger partial charge in [0, 0.05) is 11.1 Å². The van der Waals surface area contributed by atoms with Gasteiger partial charge in [-0.1, -0.05) is 5.16 Å². The third kappa shape index (κ3) is 1.63. The summed E-state index contributed by atoms with van der Waals surface area (Å²) < 4.78 is 5.45. The van der Waals surface area contributed by atoms with Crippen molar-refractivity contribution in [3.8, 4) is 11.5 Å². The number of nitrogens with zero attached hydrogens (tertiary/aromatic N) is 1. The van der Waals surface area contributed by atoms with Crippen LogP contribution in [0.15, 0.2) is 17.3 Å². The van der Waals surface area contributed by atoms with Gasteiger partial charge in [-0.2, -0.15) is 0 Å². The van der Waals surface area contributed by atoms with Crippen LogP contribution in [0, 0.1) is 6.92 Å². The van der Waals surface area contributed by atoms with Crippen LogP contribution < -0.4 is 4.74 Å². The minimum Gasteiger partial charge on any atom is -0.508 e. The normalized spacial score (nSPS) is 16.3. The first kappa shape index (κ1) is 9.83. The standard InChI is InChI=1S/C11H13NO3/c1-3-15-12-9-6-14-11-7(2)10(13)5-4-8(9)11/h4-5,13H,3,6H2,1-2H3/b12-9-. The lowest BCUT2D eigenvalue weighted by Gasteiger charge is -2.03. The van der Waals surface area contributed by atoms with Gasteiger partial charge < -0.3 is 14.7 Å². The van der Waals surface area contributed by atoms with Crippen LogP contribution in [0.4, 0.5) is 0 Å². The monoisotopic (exact) mass is 207 g/mol. The number of hydrogen-bond donors (Lipinski definition) is 1. The maximum Gasteiger partial charge on any atom is 0.135 e. The summed E-state index contributed by atoms with van der Waals surface area (Å²) in [4.78, 5) is 4.99. The van der Waals surface area contributed by atoms with Crippen molar-refractivity contribution in [1.29, 1.82) is 0 Å². The lowest BCUT2D eigenvalue weighted by molar-refractivity contribution is 0.158. The Labute approximate surface area is 88.1 Å². The highest BCUT2D eigenvalue weighted by Crippen LogP contribution is 2.34. The second kappa shape index (κ2) is 3.81. The number of fused-ring (bicyclic) bond motifs is 1. The van der Waals surface area contributed by atoms with E-state index in [0.717, 1.165) is 16.8 Å². The lowest BCUT2D eigenvalue weighted by Crippen LogP contribution is -2.03. The molecule has 0 bridgehead atoms. The molecule has 1 heterocycles. The Hall–Kier alpha value is -1.71. The third-order valence-electron chi connectivity index (χ3n) is 2.35. The summed E-state index contributed by atoms with van der Waals surface area (Å²) in [6, 6.07) is 3.44. The van der Waals surface area contributed by atoms with Gasteiger partial charge in [0.15, 0.2) is 0 Å². The van der Waals surface area contributed by atoms with Crippen molar-refractivity contribution in [3.63, 3.8) is 0 Å². The van der Waals surface area contributed by atoms with Gasteiger partial charge in [-0.25, -0.2) is 0 Å². The number of ether oxygens (including phenoxy) is 1. The Morgan fingerprint density at radius 2 is 2.33 bits per heavy atom. The average Bonchev–Trinajstić information content (AvgIpc) is 2.64. The molecule has 15 heavy (non-hydrogen) atoms. The highest BCUT2D eigenvalue weighted by molar-refractivity contribution is 6.06. The number of aromatic hydroxyl groups is 1. The molecule has 1 N–H and O–H groups in total. The summed E-state index contributed by atoms with van der Waals surface area (Å²) in [5.74, 6) is 0.944. The van der Waals surface area contributed by atoms with Crippen LogP contribution in [0.1, 0.15) is 18.1 Å². The zero-order valence-electron chi connectivity index (χ0n) is 8.78. The van der Waals surface area contributed by atoms with E-state index in [4.69, 9.17) is 9.57 Å². The van der Waals surface area contributed by atoms with Gasteiger partial charge in [0.1, 0.15) is 30.4 Å². The van der Waals surface area contributed by atoms with E-state index in [1.165, 1.54) is 0 Å². The molecule has 0 spiro atoms. The quantitative estimate of drug-likeness (QED) is 0.753. The topological polar surface area (TPSA) is 51.0 Å². The number of phenolic OH excluding ortho intramolecular Hbond substituents is 1. The molecule has 1 aliphatic heterocycles. The van der Waals surface area contributed by atoms with Crippen LogP contribution in [-0.4, -0.2) is 24.0 Å². The minimum atomic E-state index is 0.242. The molecule has 4 heteroatoms. The van der Waals surface area contributed by atoms with Crippen molar-refractivity contribution in [1.82, 2.24) is 0 Å². The van der Waals surface area contributed by atoms with E-state index in [-0.39, 0.29) is 5.75 Å². The Balaban J connectivity index is 2.40. The predicted octanol–water partition coefficient (Wildman–Crippen LogP) is 1.83. The number of benzene rings is 1. The first-order valence-corrected chi connectivity index (χ1v) is 4.88. The second-order valence-electron chi connectivity index (χ2n) is 3.33. The van der Waals surface area contributed by atoms with Gasteiger partial charge in [0.25, 0.3) is 0 Å². The van der Waals surface area contributed by atoms with Crippen molar-refractivity contribution in [2.45, 2.75) is 13.8 Å². The van der Waals surface area contributed by atoms with Crippen LogP contribution in [-0.2, 0) is 4.84 Å². The van der Waals surface area contributed by atoms with Crippen molar-refractivity contribution in [3.05, 3.63) is 23.3 Å². The Kier molecular flexibility index (Phi) is 2.49. The van der Waals surface area contributed by atoms with Crippen molar-refractivity contribution >= 4 is 5.71 Å². The highest BCUT2D eigenvalue weighted by atomic mass is 16.6. The molecule has 0 atom stereocenters. The molecular weight excluding hydrogens is 194 g/mol. The van der Waals surface area contributed by atoms with E-state index < -0.39 is 0 Å². The molecule has 1 aromatic carbocycles. The lowest BCUT2D eigenvalue weighted by atomic mass is 10.1. The molecule has 80 valence electrons. The zero-order valence-corrected chi connectivity index (χ0v) is 8.78. The smallest absolute Gasteiger partial charge is 0.135 e. The van der Waals surface area contributed by atoms with E-state index in [1.807, 2.05) is 13.8 Å². The molecule has 4 nitrogen and oxygen atoms in total. The van der Waals surface area contributed by atoms with Crippen LogP contribution in [0.5, 0.6) is 11.5 Å². The van der Waals surface area contributed by atoms with E-state index in [2.05, 4.69) is 5.16 Å². The summed E-state index contributed by atoms with van der Waals surface area (Å²) in [5, 5.41) is 13.5. The molecule has 1 aliphatic rings.